The Morgan fingerprint density at radius 3 is 2.44 bits per heavy atom. The van der Waals surface area contributed by atoms with E-state index < -0.39 is 0 Å². The first-order valence-electron chi connectivity index (χ1n) is 6.06. The third kappa shape index (κ3) is 1.29. The van der Waals surface area contributed by atoms with Crippen LogP contribution in [0.25, 0.3) is 27.7 Å². The monoisotopic (exact) mass is 232 g/mol. The van der Waals surface area contributed by atoms with Crippen LogP contribution in [0.3, 0.4) is 0 Å². The van der Waals surface area contributed by atoms with Crippen LogP contribution in [0.5, 0.6) is 0 Å². The van der Waals surface area contributed by atoms with Gasteiger partial charge in [0.1, 0.15) is 0 Å². The summed E-state index contributed by atoms with van der Waals surface area (Å²) in [6.45, 7) is 0. The second kappa shape index (κ2) is 3.50. The molecule has 0 unspecified atom stereocenters. The first kappa shape index (κ1) is 9.54. The molecule has 2 nitrogen and oxygen atoms in total. The molecule has 18 heavy (non-hydrogen) atoms. The molecule has 0 aliphatic rings. The van der Waals surface area contributed by atoms with Gasteiger partial charge in [0.15, 0.2) is 0 Å². The maximum Gasteiger partial charge on any atom is 0.0703 e. The molecular weight excluding hydrogens is 220 g/mol. The van der Waals surface area contributed by atoms with Crippen LogP contribution in [0.2, 0.25) is 0 Å². The highest BCUT2D eigenvalue weighted by molar-refractivity contribution is 5.88. The van der Waals surface area contributed by atoms with Crippen LogP contribution in [0.15, 0.2) is 66.7 Å². The Kier molecular flexibility index (Phi) is 1.86. The molecule has 2 heterocycles. The van der Waals surface area contributed by atoms with Crippen molar-refractivity contribution in [1.29, 1.82) is 0 Å². The molecule has 0 saturated carbocycles. The Hall–Kier alpha value is -2.48. The van der Waals surface area contributed by atoms with Gasteiger partial charge in [0.2, 0.25) is 0 Å². The zero-order valence-electron chi connectivity index (χ0n) is 9.80. The van der Waals surface area contributed by atoms with Crippen molar-refractivity contribution in [2.75, 3.05) is 0 Å². The fraction of sp³-hybridized carbons (Fsp3) is 0. The summed E-state index contributed by atoms with van der Waals surface area (Å²) in [6.07, 6.45) is 0. The molecule has 0 radical (unpaired) electrons. The fourth-order valence-electron chi connectivity index (χ4n) is 2.47. The number of nitrogens with zero attached hydrogens (tertiary/aromatic N) is 1. The molecule has 0 aliphatic heterocycles. The number of H-pyrrole nitrogens is 1. The molecule has 0 saturated heterocycles. The van der Waals surface area contributed by atoms with Gasteiger partial charge in [-0.05, 0) is 23.8 Å². The minimum absolute atomic E-state index is 1.15. The molecule has 2 aromatic carbocycles. The number of nitrogens with one attached hydrogen (secondary N) is 1. The van der Waals surface area contributed by atoms with E-state index in [4.69, 9.17) is 0 Å². The van der Waals surface area contributed by atoms with Gasteiger partial charge in [-0.15, -0.1) is 0 Å². The first-order valence-corrected chi connectivity index (χ1v) is 6.06. The summed E-state index contributed by atoms with van der Waals surface area (Å²) < 4.78 is 2.14. The molecule has 0 bridgehead atoms. The summed E-state index contributed by atoms with van der Waals surface area (Å²) in [4.78, 5) is 0. The van der Waals surface area contributed by atoms with Crippen molar-refractivity contribution in [3.8, 4) is 11.3 Å². The third-order valence-electron chi connectivity index (χ3n) is 3.35. The van der Waals surface area contributed by atoms with Gasteiger partial charge in [0.25, 0.3) is 0 Å². The zero-order valence-corrected chi connectivity index (χ0v) is 9.80. The van der Waals surface area contributed by atoms with E-state index in [1.54, 1.807) is 0 Å². The SMILES string of the molecule is c1ccc(-c2cc3cc4ccccc4n3[nH]2)cc1. The molecule has 0 atom stereocenters. The van der Waals surface area contributed by atoms with Crippen LogP contribution in [0.1, 0.15) is 0 Å². The number of aromatic nitrogens is 2. The van der Waals surface area contributed by atoms with Gasteiger partial charge >= 0.3 is 0 Å². The summed E-state index contributed by atoms with van der Waals surface area (Å²) in [6, 6.07) is 23.2. The number of para-hydroxylation sites is 1. The van der Waals surface area contributed by atoms with Crippen molar-refractivity contribution < 1.29 is 0 Å². The smallest absolute Gasteiger partial charge is 0.0703 e. The van der Waals surface area contributed by atoms with Crippen molar-refractivity contribution in [2.45, 2.75) is 0 Å². The molecule has 2 heteroatoms. The molecule has 0 fully saturated rings. The Morgan fingerprint density at radius 1 is 0.778 bits per heavy atom. The Labute approximate surface area is 104 Å². The van der Waals surface area contributed by atoms with Gasteiger partial charge in [-0.25, -0.2) is 0 Å². The largest absolute Gasteiger partial charge is 0.293 e. The van der Waals surface area contributed by atoms with Crippen LogP contribution < -0.4 is 0 Å². The van der Waals surface area contributed by atoms with Gasteiger partial charge in [-0.1, -0.05) is 48.5 Å². The summed E-state index contributed by atoms with van der Waals surface area (Å²) in [5, 5.41) is 4.72. The lowest BCUT2D eigenvalue weighted by Gasteiger charge is -1.96. The van der Waals surface area contributed by atoms with E-state index in [1.807, 2.05) is 6.07 Å². The lowest BCUT2D eigenvalue weighted by Crippen LogP contribution is -1.84. The molecule has 0 aliphatic carbocycles. The Balaban J connectivity index is 2.00. The van der Waals surface area contributed by atoms with Crippen molar-refractivity contribution in [1.82, 2.24) is 9.61 Å². The van der Waals surface area contributed by atoms with Crippen LogP contribution in [-0.2, 0) is 0 Å². The van der Waals surface area contributed by atoms with Gasteiger partial charge in [-0.3, -0.25) is 9.61 Å². The highest BCUT2D eigenvalue weighted by Crippen LogP contribution is 2.25. The molecule has 86 valence electrons. The molecular formula is C16H12N2. The molecule has 4 aromatic rings. The normalized spacial score (nSPS) is 11.3. The van der Waals surface area contributed by atoms with Gasteiger partial charge in [-0.2, -0.15) is 0 Å². The van der Waals surface area contributed by atoms with E-state index in [1.165, 1.54) is 22.0 Å². The minimum atomic E-state index is 1.15. The average Bonchev–Trinajstić information content (AvgIpc) is 2.97. The molecule has 2 aromatic heterocycles. The van der Waals surface area contributed by atoms with Crippen LogP contribution >= 0.6 is 0 Å². The summed E-state index contributed by atoms with van der Waals surface area (Å²) >= 11 is 0. The molecule has 0 spiro atoms. The number of fused-ring (bicyclic) bond motifs is 3. The predicted molar refractivity (Wildman–Crippen MR) is 74.7 cm³/mol. The van der Waals surface area contributed by atoms with Gasteiger partial charge in [0, 0.05) is 5.39 Å². The van der Waals surface area contributed by atoms with Crippen molar-refractivity contribution in [2.24, 2.45) is 0 Å². The maximum absolute atomic E-state index is 3.45. The van der Waals surface area contributed by atoms with Crippen LogP contribution in [0, 0.1) is 0 Å². The van der Waals surface area contributed by atoms with Gasteiger partial charge in [0.05, 0.1) is 16.7 Å². The van der Waals surface area contributed by atoms with Gasteiger partial charge < -0.3 is 0 Å². The van der Waals surface area contributed by atoms with E-state index in [-0.39, 0.29) is 0 Å². The third-order valence-corrected chi connectivity index (χ3v) is 3.35. The van der Waals surface area contributed by atoms with E-state index in [0.29, 0.717) is 0 Å². The fourth-order valence-corrected chi connectivity index (χ4v) is 2.47. The van der Waals surface area contributed by atoms with E-state index in [9.17, 15) is 0 Å². The van der Waals surface area contributed by atoms with E-state index in [0.717, 1.165) is 5.69 Å². The molecule has 4 rings (SSSR count). The lowest BCUT2D eigenvalue weighted by molar-refractivity contribution is 1.02. The van der Waals surface area contributed by atoms with Crippen molar-refractivity contribution >= 4 is 16.4 Å². The van der Waals surface area contributed by atoms with E-state index >= 15 is 0 Å². The quantitative estimate of drug-likeness (QED) is 0.510. The van der Waals surface area contributed by atoms with Crippen molar-refractivity contribution in [3.63, 3.8) is 0 Å². The van der Waals surface area contributed by atoms with Crippen LogP contribution in [0.4, 0.5) is 0 Å². The minimum Gasteiger partial charge on any atom is -0.293 e. The topological polar surface area (TPSA) is 20.2 Å². The average molecular weight is 232 g/mol. The number of aromatic amines is 1. The van der Waals surface area contributed by atoms with Crippen LogP contribution in [-0.4, -0.2) is 9.61 Å². The Bertz CT molecular complexity index is 822. The molecule has 0 amide bonds. The Morgan fingerprint density at radius 2 is 1.56 bits per heavy atom. The number of rotatable bonds is 1. The maximum atomic E-state index is 3.45. The second-order valence-electron chi connectivity index (χ2n) is 4.50. The first-order chi connectivity index (χ1) is 8.92. The highest BCUT2D eigenvalue weighted by atomic mass is 15.2. The number of benzene rings is 2. The standard InChI is InChI=1S/C16H12N2/c1-2-6-12(7-3-1)15-11-14-10-13-8-4-5-9-16(13)18(14)17-15/h1-11,17H. The molecule has 1 N–H and O–H groups in total. The zero-order chi connectivity index (χ0) is 11.9. The summed E-state index contributed by atoms with van der Waals surface area (Å²) in [7, 11) is 0. The highest BCUT2D eigenvalue weighted by Gasteiger charge is 2.06. The second-order valence-corrected chi connectivity index (χ2v) is 4.50. The van der Waals surface area contributed by atoms with E-state index in [2.05, 4.69) is 70.3 Å². The van der Waals surface area contributed by atoms with Crippen molar-refractivity contribution in [3.05, 3.63) is 66.7 Å². The number of hydrogen-bond donors (Lipinski definition) is 1. The lowest BCUT2D eigenvalue weighted by atomic mass is 10.1. The number of hydrogen-bond acceptors (Lipinski definition) is 0. The summed E-state index contributed by atoms with van der Waals surface area (Å²) in [5.74, 6) is 0. The summed E-state index contributed by atoms with van der Waals surface area (Å²) in [5.41, 5.74) is 4.78. The predicted octanol–water partition coefficient (Wildman–Crippen LogP) is 4.09.